The zero-order chi connectivity index (χ0) is 20.1. The number of hydrogen-bond acceptors (Lipinski definition) is 5. The lowest BCUT2D eigenvalue weighted by Crippen LogP contribution is -2.38. The zero-order valence-electron chi connectivity index (χ0n) is 15.4. The second kappa shape index (κ2) is 6.52. The van der Waals surface area contributed by atoms with Gasteiger partial charge in [0, 0.05) is 0 Å². The molecular formula is C19H19N3O5S. The standard InChI is InChI=1S/C19H19N3O5S/c1-11(2)12-3-6-17-16(9-12)22(7-8-27-17)28(25,26)13-4-5-15-14(10-13)18(23)21-19(24)20-15/h3-6,9-11H,7-8H2,1-2H3,(H2,20,21,23,24). The van der Waals surface area contributed by atoms with Crippen LogP contribution in [0.1, 0.15) is 25.3 Å². The first-order valence-electron chi connectivity index (χ1n) is 8.83. The van der Waals surface area contributed by atoms with E-state index in [0.29, 0.717) is 11.4 Å². The van der Waals surface area contributed by atoms with Gasteiger partial charge in [-0.1, -0.05) is 19.9 Å². The number of H-pyrrole nitrogens is 2. The topological polar surface area (TPSA) is 112 Å². The Morgan fingerprint density at radius 3 is 2.61 bits per heavy atom. The summed E-state index contributed by atoms with van der Waals surface area (Å²) >= 11 is 0. The van der Waals surface area contributed by atoms with Crippen molar-refractivity contribution in [3.8, 4) is 5.75 Å². The fourth-order valence-electron chi connectivity index (χ4n) is 3.25. The average molecular weight is 401 g/mol. The molecule has 0 aliphatic carbocycles. The highest BCUT2D eigenvalue weighted by Crippen LogP contribution is 2.37. The van der Waals surface area contributed by atoms with Crippen LogP contribution in [0.5, 0.6) is 5.75 Å². The molecule has 0 saturated heterocycles. The maximum absolute atomic E-state index is 13.3. The van der Waals surface area contributed by atoms with Gasteiger partial charge in [0.2, 0.25) is 0 Å². The summed E-state index contributed by atoms with van der Waals surface area (Å²) in [6, 6.07) is 9.61. The van der Waals surface area contributed by atoms with Crippen LogP contribution in [0.3, 0.4) is 0 Å². The number of anilines is 1. The van der Waals surface area contributed by atoms with Gasteiger partial charge in [-0.3, -0.25) is 14.1 Å². The molecule has 8 nitrogen and oxygen atoms in total. The molecule has 1 aliphatic heterocycles. The molecule has 0 amide bonds. The monoisotopic (exact) mass is 401 g/mol. The summed E-state index contributed by atoms with van der Waals surface area (Å²) in [5.74, 6) is 0.732. The van der Waals surface area contributed by atoms with E-state index in [1.54, 1.807) is 6.07 Å². The lowest BCUT2D eigenvalue weighted by atomic mass is 10.0. The van der Waals surface area contributed by atoms with E-state index in [0.717, 1.165) is 5.56 Å². The van der Waals surface area contributed by atoms with E-state index in [2.05, 4.69) is 9.97 Å². The summed E-state index contributed by atoms with van der Waals surface area (Å²) in [6.07, 6.45) is 0. The van der Waals surface area contributed by atoms with E-state index in [9.17, 15) is 18.0 Å². The van der Waals surface area contributed by atoms with Crippen LogP contribution in [-0.4, -0.2) is 31.5 Å². The lowest BCUT2D eigenvalue weighted by Gasteiger charge is -2.31. The van der Waals surface area contributed by atoms with Gasteiger partial charge in [0.05, 0.1) is 28.0 Å². The Labute approximate surface area is 160 Å². The van der Waals surface area contributed by atoms with Crippen molar-refractivity contribution in [1.82, 2.24) is 9.97 Å². The third-order valence-electron chi connectivity index (χ3n) is 4.77. The summed E-state index contributed by atoms with van der Waals surface area (Å²) in [6.45, 7) is 4.45. The Morgan fingerprint density at radius 2 is 1.86 bits per heavy atom. The molecule has 0 bridgehead atoms. The van der Waals surface area contributed by atoms with Crippen LogP contribution < -0.4 is 20.3 Å². The Morgan fingerprint density at radius 1 is 1.07 bits per heavy atom. The van der Waals surface area contributed by atoms with Gasteiger partial charge in [-0.2, -0.15) is 0 Å². The van der Waals surface area contributed by atoms with Gasteiger partial charge in [-0.25, -0.2) is 13.2 Å². The summed E-state index contributed by atoms with van der Waals surface area (Å²) < 4.78 is 33.6. The number of nitrogens with one attached hydrogen (secondary N) is 2. The Hall–Kier alpha value is -3.07. The van der Waals surface area contributed by atoms with Crippen LogP contribution >= 0.6 is 0 Å². The van der Waals surface area contributed by atoms with Gasteiger partial charge in [-0.15, -0.1) is 0 Å². The Balaban J connectivity index is 1.86. The van der Waals surface area contributed by atoms with Crippen LogP contribution in [0.25, 0.3) is 10.9 Å². The van der Waals surface area contributed by atoms with Crippen LogP contribution in [0.2, 0.25) is 0 Å². The van der Waals surface area contributed by atoms with Crippen molar-refractivity contribution in [3.63, 3.8) is 0 Å². The number of nitrogens with zero attached hydrogens (tertiary/aromatic N) is 1. The number of benzene rings is 2. The van der Waals surface area contributed by atoms with Gasteiger partial charge < -0.3 is 9.72 Å². The van der Waals surface area contributed by atoms with Crippen molar-refractivity contribution in [2.75, 3.05) is 17.5 Å². The smallest absolute Gasteiger partial charge is 0.326 e. The van der Waals surface area contributed by atoms with Gasteiger partial charge >= 0.3 is 5.69 Å². The summed E-state index contributed by atoms with van der Waals surface area (Å²) in [5, 5.41) is 0.102. The molecule has 9 heteroatoms. The van der Waals surface area contributed by atoms with Gasteiger partial charge in [0.15, 0.2) is 0 Å². The Bertz CT molecular complexity index is 1290. The molecule has 0 fully saturated rings. The lowest BCUT2D eigenvalue weighted by molar-refractivity contribution is 0.315. The number of aromatic amines is 2. The molecule has 1 aromatic heterocycles. The minimum atomic E-state index is -3.93. The van der Waals surface area contributed by atoms with Crippen molar-refractivity contribution in [1.29, 1.82) is 0 Å². The molecule has 0 saturated carbocycles. The van der Waals surface area contributed by atoms with Gasteiger partial charge in [0.1, 0.15) is 12.4 Å². The molecule has 146 valence electrons. The van der Waals surface area contributed by atoms with Crippen LogP contribution in [0, 0.1) is 0 Å². The number of ether oxygens (including phenoxy) is 1. The van der Waals surface area contributed by atoms with Gasteiger partial charge in [0.25, 0.3) is 15.6 Å². The Kier molecular flexibility index (Phi) is 4.26. The highest BCUT2D eigenvalue weighted by atomic mass is 32.2. The number of sulfonamides is 1. The van der Waals surface area contributed by atoms with Crippen LogP contribution in [0.15, 0.2) is 50.9 Å². The molecule has 2 N–H and O–H groups in total. The second-order valence-corrected chi connectivity index (χ2v) is 8.79. The SMILES string of the molecule is CC(C)c1ccc2c(c1)N(S(=O)(=O)c1ccc3[nH]c(=O)[nH]c(=O)c3c1)CCO2. The van der Waals surface area contributed by atoms with E-state index >= 15 is 0 Å². The van der Waals surface area contributed by atoms with Crippen molar-refractivity contribution < 1.29 is 13.2 Å². The largest absolute Gasteiger partial charge is 0.489 e. The fourth-order valence-corrected chi connectivity index (χ4v) is 4.73. The molecule has 4 rings (SSSR count). The third-order valence-corrected chi connectivity index (χ3v) is 6.58. The highest BCUT2D eigenvalue weighted by Gasteiger charge is 2.31. The fraction of sp³-hybridized carbons (Fsp3) is 0.263. The van der Waals surface area contributed by atoms with Crippen molar-refractivity contribution in [2.24, 2.45) is 0 Å². The molecule has 0 spiro atoms. The maximum Gasteiger partial charge on any atom is 0.326 e. The molecule has 2 heterocycles. The van der Waals surface area contributed by atoms with Crippen LogP contribution in [-0.2, 0) is 10.0 Å². The molecule has 0 radical (unpaired) electrons. The molecule has 28 heavy (non-hydrogen) atoms. The van der Waals surface area contributed by atoms with E-state index < -0.39 is 21.3 Å². The maximum atomic E-state index is 13.3. The summed E-state index contributed by atoms with van der Waals surface area (Å²) in [5.41, 5.74) is 0.471. The number of fused-ring (bicyclic) bond motifs is 2. The zero-order valence-corrected chi connectivity index (χ0v) is 16.2. The number of aromatic nitrogens is 2. The first-order valence-corrected chi connectivity index (χ1v) is 10.3. The predicted octanol–water partition coefficient (Wildman–Crippen LogP) is 1.93. The average Bonchev–Trinajstić information content (AvgIpc) is 2.66. The summed E-state index contributed by atoms with van der Waals surface area (Å²) in [4.78, 5) is 28.0. The molecule has 2 aromatic carbocycles. The third kappa shape index (κ3) is 2.97. The number of hydrogen-bond donors (Lipinski definition) is 2. The molecule has 1 aliphatic rings. The molecular weight excluding hydrogens is 382 g/mol. The minimum absolute atomic E-state index is 0.0275. The van der Waals surface area contributed by atoms with E-state index in [1.807, 2.05) is 26.0 Å². The molecule has 3 aromatic rings. The van der Waals surface area contributed by atoms with E-state index in [4.69, 9.17) is 4.74 Å². The van der Waals surface area contributed by atoms with Crippen molar-refractivity contribution >= 4 is 26.6 Å². The van der Waals surface area contributed by atoms with Gasteiger partial charge in [-0.05, 0) is 41.8 Å². The van der Waals surface area contributed by atoms with E-state index in [1.165, 1.54) is 22.5 Å². The molecule has 0 unspecified atom stereocenters. The second-order valence-electron chi connectivity index (χ2n) is 6.92. The normalized spacial score (nSPS) is 14.2. The predicted molar refractivity (Wildman–Crippen MR) is 106 cm³/mol. The highest BCUT2D eigenvalue weighted by molar-refractivity contribution is 7.92. The van der Waals surface area contributed by atoms with Crippen LogP contribution in [0.4, 0.5) is 5.69 Å². The minimum Gasteiger partial charge on any atom is -0.489 e. The number of rotatable bonds is 3. The first-order chi connectivity index (χ1) is 13.3. The van der Waals surface area contributed by atoms with Crippen molar-refractivity contribution in [3.05, 3.63) is 62.8 Å². The quantitative estimate of drug-likeness (QED) is 0.696. The molecule has 0 atom stereocenters. The van der Waals surface area contributed by atoms with E-state index in [-0.39, 0.29) is 34.9 Å². The summed E-state index contributed by atoms with van der Waals surface area (Å²) in [7, 11) is -3.93. The first kappa shape index (κ1) is 18.3. The van der Waals surface area contributed by atoms with Crippen molar-refractivity contribution in [2.45, 2.75) is 24.7 Å².